The second-order valence-corrected chi connectivity index (χ2v) is 5.78. The summed E-state index contributed by atoms with van der Waals surface area (Å²) in [6.07, 6.45) is 0. The number of hydrogen-bond acceptors (Lipinski definition) is 0. The Kier molecular flexibility index (Phi) is 3.90. The van der Waals surface area contributed by atoms with Crippen LogP contribution in [-0.4, -0.2) is 0 Å². The Labute approximate surface area is 104 Å². The largest absolute Gasteiger partial charge is 0.122 e. The molecule has 0 atom stereocenters. The summed E-state index contributed by atoms with van der Waals surface area (Å²) in [6.45, 7) is 6.41. The van der Waals surface area contributed by atoms with Gasteiger partial charge in [0.2, 0.25) is 0 Å². The van der Waals surface area contributed by atoms with Crippen LogP contribution in [-0.2, 0) is 11.3 Å². The van der Waals surface area contributed by atoms with Crippen LogP contribution < -0.4 is 0 Å². The van der Waals surface area contributed by atoms with Crippen molar-refractivity contribution >= 4 is 39.1 Å². The van der Waals surface area contributed by atoms with Crippen LogP contribution in [0.5, 0.6) is 0 Å². The number of rotatable bonds is 1. The van der Waals surface area contributed by atoms with Gasteiger partial charge in [0.25, 0.3) is 0 Å². The van der Waals surface area contributed by atoms with Crippen molar-refractivity contribution in [2.45, 2.75) is 32.1 Å². The highest BCUT2D eigenvalue weighted by atomic mass is 79.9. The van der Waals surface area contributed by atoms with E-state index in [4.69, 9.17) is 23.2 Å². The highest BCUT2D eigenvalue weighted by Gasteiger charge is 2.22. The summed E-state index contributed by atoms with van der Waals surface area (Å²) in [5.74, 6) is 0.500. The Morgan fingerprint density at radius 3 is 2.29 bits per heavy atom. The molecule has 78 valence electrons. The lowest BCUT2D eigenvalue weighted by molar-refractivity contribution is 0.585. The number of hydrogen-bond donors (Lipinski definition) is 0. The van der Waals surface area contributed by atoms with Gasteiger partial charge in [0.1, 0.15) is 0 Å². The molecule has 0 N–H and O–H groups in total. The summed E-state index contributed by atoms with van der Waals surface area (Å²) in [5.41, 5.74) is 2.25. The third-order valence-electron chi connectivity index (χ3n) is 2.08. The van der Waals surface area contributed by atoms with Gasteiger partial charge in [-0.2, -0.15) is 0 Å². The molecule has 1 rings (SSSR count). The van der Waals surface area contributed by atoms with Crippen molar-refractivity contribution in [2.75, 3.05) is 0 Å². The van der Waals surface area contributed by atoms with Crippen molar-refractivity contribution in [3.05, 3.63) is 32.8 Å². The average Bonchev–Trinajstić information content (AvgIpc) is 2.07. The quantitative estimate of drug-likeness (QED) is 0.629. The number of halogens is 3. The van der Waals surface area contributed by atoms with Gasteiger partial charge in [0, 0.05) is 10.4 Å². The van der Waals surface area contributed by atoms with E-state index in [1.54, 1.807) is 0 Å². The molecule has 3 heteroatoms. The molecule has 1 aromatic rings. The minimum absolute atomic E-state index is 0.0189. The number of alkyl halides is 1. The second-order valence-electron chi connectivity index (χ2n) is 4.28. The van der Waals surface area contributed by atoms with Crippen molar-refractivity contribution in [3.63, 3.8) is 0 Å². The molecule has 1 aromatic carbocycles. The first-order chi connectivity index (χ1) is 6.38. The third kappa shape index (κ3) is 2.44. The molecular formula is C11H13BrCl2. The van der Waals surface area contributed by atoms with Gasteiger partial charge in [0.05, 0.1) is 5.02 Å². The van der Waals surface area contributed by atoms with Crippen LogP contribution in [0, 0.1) is 0 Å². The van der Waals surface area contributed by atoms with E-state index in [0.29, 0.717) is 5.88 Å². The van der Waals surface area contributed by atoms with E-state index in [9.17, 15) is 0 Å². The van der Waals surface area contributed by atoms with Gasteiger partial charge in [-0.05, 0) is 38.5 Å². The zero-order valence-electron chi connectivity index (χ0n) is 8.50. The Bertz CT molecular complexity index is 340. The molecule has 0 unspecified atom stereocenters. The lowest BCUT2D eigenvalue weighted by Crippen LogP contribution is -2.14. The molecule has 0 bridgehead atoms. The van der Waals surface area contributed by atoms with E-state index in [0.717, 1.165) is 20.6 Å². The first-order valence-electron chi connectivity index (χ1n) is 4.41. The van der Waals surface area contributed by atoms with Crippen molar-refractivity contribution in [1.82, 2.24) is 0 Å². The molecule has 0 saturated carbocycles. The van der Waals surface area contributed by atoms with Gasteiger partial charge in [-0.3, -0.25) is 0 Å². The van der Waals surface area contributed by atoms with Gasteiger partial charge in [-0.1, -0.05) is 38.4 Å². The fourth-order valence-corrected chi connectivity index (χ4v) is 2.53. The van der Waals surface area contributed by atoms with Gasteiger partial charge in [0.15, 0.2) is 0 Å². The lowest BCUT2D eigenvalue weighted by Gasteiger charge is -2.24. The van der Waals surface area contributed by atoms with Crippen LogP contribution in [0.2, 0.25) is 5.02 Å². The highest BCUT2D eigenvalue weighted by molar-refractivity contribution is 9.10. The van der Waals surface area contributed by atoms with Gasteiger partial charge in [-0.25, -0.2) is 0 Å². The fraction of sp³-hybridized carbons (Fsp3) is 0.455. The van der Waals surface area contributed by atoms with E-state index in [-0.39, 0.29) is 5.41 Å². The van der Waals surface area contributed by atoms with Gasteiger partial charge in [-0.15, -0.1) is 11.6 Å². The Balaban J connectivity index is 3.44. The Morgan fingerprint density at radius 1 is 1.29 bits per heavy atom. The smallest absolute Gasteiger partial charge is 0.0588 e. The van der Waals surface area contributed by atoms with Crippen LogP contribution >= 0.6 is 39.1 Å². The average molecular weight is 296 g/mol. The molecule has 0 aliphatic rings. The third-order valence-corrected chi connectivity index (χ3v) is 3.64. The Morgan fingerprint density at radius 2 is 1.86 bits per heavy atom. The lowest BCUT2D eigenvalue weighted by atomic mass is 9.84. The maximum atomic E-state index is 6.26. The zero-order chi connectivity index (χ0) is 10.9. The maximum absolute atomic E-state index is 6.26. The topological polar surface area (TPSA) is 0 Å². The predicted molar refractivity (Wildman–Crippen MR) is 67.4 cm³/mol. The molecule has 0 aliphatic heterocycles. The standard InChI is InChI=1S/C11H13BrCl2/c1-11(2,3)9-7(6-13)4-5-8(12)10(9)14/h4-5H,6H2,1-3H3. The Hall–Kier alpha value is 0.280. The molecule has 0 radical (unpaired) electrons. The van der Waals surface area contributed by atoms with Crippen molar-refractivity contribution in [2.24, 2.45) is 0 Å². The van der Waals surface area contributed by atoms with Crippen LogP contribution in [0.3, 0.4) is 0 Å². The molecule has 0 aliphatic carbocycles. The van der Waals surface area contributed by atoms with Crippen molar-refractivity contribution < 1.29 is 0 Å². The first kappa shape index (κ1) is 12.4. The van der Waals surface area contributed by atoms with Crippen LogP contribution in [0.15, 0.2) is 16.6 Å². The second kappa shape index (κ2) is 4.42. The molecule has 14 heavy (non-hydrogen) atoms. The van der Waals surface area contributed by atoms with E-state index in [1.807, 2.05) is 12.1 Å². The predicted octanol–water partition coefficient (Wildman–Crippen LogP) is 5.14. The van der Waals surface area contributed by atoms with Gasteiger partial charge < -0.3 is 0 Å². The molecule has 0 amide bonds. The molecule has 0 spiro atoms. The van der Waals surface area contributed by atoms with Crippen molar-refractivity contribution in [1.29, 1.82) is 0 Å². The molecule has 0 fully saturated rings. The summed E-state index contributed by atoms with van der Waals surface area (Å²) >= 11 is 15.6. The van der Waals surface area contributed by atoms with Gasteiger partial charge >= 0.3 is 0 Å². The summed E-state index contributed by atoms with van der Waals surface area (Å²) in [5, 5.41) is 0.774. The van der Waals surface area contributed by atoms with E-state index in [2.05, 4.69) is 36.7 Å². The van der Waals surface area contributed by atoms with E-state index in [1.165, 1.54) is 0 Å². The SMILES string of the molecule is CC(C)(C)c1c(CCl)ccc(Br)c1Cl. The summed E-state index contributed by atoms with van der Waals surface area (Å²) in [7, 11) is 0. The molecule has 0 aromatic heterocycles. The minimum atomic E-state index is 0.0189. The van der Waals surface area contributed by atoms with Crippen LogP contribution in [0.1, 0.15) is 31.9 Å². The molecular weight excluding hydrogens is 283 g/mol. The zero-order valence-corrected chi connectivity index (χ0v) is 11.6. The first-order valence-corrected chi connectivity index (χ1v) is 6.11. The molecule has 0 nitrogen and oxygen atoms in total. The highest BCUT2D eigenvalue weighted by Crippen LogP contribution is 2.37. The fourth-order valence-electron chi connectivity index (χ4n) is 1.51. The normalized spacial score (nSPS) is 11.9. The molecule has 0 heterocycles. The van der Waals surface area contributed by atoms with E-state index >= 15 is 0 Å². The summed E-state index contributed by atoms with van der Waals surface area (Å²) < 4.78 is 0.929. The van der Waals surface area contributed by atoms with Crippen LogP contribution in [0.4, 0.5) is 0 Å². The van der Waals surface area contributed by atoms with Crippen molar-refractivity contribution in [3.8, 4) is 0 Å². The van der Waals surface area contributed by atoms with E-state index < -0.39 is 0 Å². The monoisotopic (exact) mass is 294 g/mol. The minimum Gasteiger partial charge on any atom is -0.122 e. The summed E-state index contributed by atoms with van der Waals surface area (Å²) in [4.78, 5) is 0. The van der Waals surface area contributed by atoms with Crippen LogP contribution in [0.25, 0.3) is 0 Å². The molecule has 0 saturated heterocycles. The summed E-state index contributed by atoms with van der Waals surface area (Å²) in [6, 6.07) is 3.96. The number of benzene rings is 1. The maximum Gasteiger partial charge on any atom is 0.0588 e.